The van der Waals surface area contributed by atoms with Gasteiger partial charge in [-0.2, -0.15) is 0 Å². The molecule has 0 radical (unpaired) electrons. The van der Waals surface area contributed by atoms with Crippen LogP contribution in [0.5, 0.6) is 0 Å². The zero-order valence-corrected chi connectivity index (χ0v) is 9.82. The van der Waals surface area contributed by atoms with Crippen molar-refractivity contribution in [2.45, 2.75) is 38.9 Å². The Kier molecular flexibility index (Phi) is 3.46. The van der Waals surface area contributed by atoms with Crippen molar-refractivity contribution >= 4 is 5.69 Å². The highest BCUT2D eigenvalue weighted by molar-refractivity contribution is 5.52. The van der Waals surface area contributed by atoms with Crippen LogP contribution in [0.15, 0.2) is 18.2 Å². The van der Waals surface area contributed by atoms with Crippen molar-refractivity contribution < 1.29 is 5.11 Å². The molecule has 0 bridgehead atoms. The Morgan fingerprint density at radius 2 is 2.25 bits per heavy atom. The summed E-state index contributed by atoms with van der Waals surface area (Å²) in [4.78, 5) is 2.32. The standard InChI is InChI=1S/C13H20N2O/c1-2-4-11(9-16)15-7-10-5-3-6-13(14)12(10)8-15/h3,5-6,11,16H,2,4,7-9,14H2,1H3. The summed E-state index contributed by atoms with van der Waals surface area (Å²) in [5.74, 6) is 0. The minimum absolute atomic E-state index is 0.238. The molecule has 1 unspecified atom stereocenters. The van der Waals surface area contributed by atoms with Crippen LogP contribution in [0.3, 0.4) is 0 Å². The number of aliphatic hydroxyl groups excluding tert-OH is 1. The first kappa shape index (κ1) is 11.4. The van der Waals surface area contributed by atoms with Crippen molar-refractivity contribution in [3.05, 3.63) is 29.3 Å². The smallest absolute Gasteiger partial charge is 0.0587 e. The SMILES string of the molecule is CCCC(CO)N1Cc2cccc(N)c2C1. The lowest BCUT2D eigenvalue weighted by atomic mass is 10.1. The van der Waals surface area contributed by atoms with Crippen LogP contribution >= 0.6 is 0 Å². The van der Waals surface area contributed by atoms with Crippen molar-refractivity contribution in [2.24, 2.45) is 0 Å². The second kappa shape index (κ2) is 4.85. The quantitative estimate of drug-likeness (QED) is 0.760. The molecule has 1 atom stereocenters. The van der Waals surface area contributed by atoms with Gasteiger partial charge in [-0.1, -0.05) is 25.5 Å². The highest BCUT2D eigenvalue weighted by Crippen LogP contribution is 2.29. The Morgan fingerprint density at radius 3 is 2.88 bits per heavy atom. The van der Waals surface area contributed by atoms with Gasteiger partial charge in [0.2, 0.25) is 0 Å². The average Bonchev–Trinajstić information content (AvgIpc) is 2.71. The second-order valence-corrected chi connectivity index (χ2v) is 4.51. The molecule has 1 heterocycles. The number of aliphatic hydroxyl groups is 1. The van der Waals surface area contributed by atoms with Gasteiger partial charge in [0.25, 0.3) is 0 Å². The molecule has 0 saturated carbocycles. The van der Waals surface area contributed by atoms with Gasteiger partial charge in [-0.15, -0.1) is 0 Å². The van der Waals surface area contributed by atoms with Crippen LogP contribution in [-0.4, -0.2) is 22.7 Å². The summed E-state index contributed by atoms with van der Waals surface area (Å²) >= 11 is 0. The summed E-state index contributed by atoms with van der Waals surface area (Å²) in [5, 5.41) is 9.39. The van der Waals surface area contributed by atoms with Gasteiger partial charge in [0.05, 0.1) is 6.61 Å². The van der Waals surface area contributed by atoms with Crippen molar-refractivity contribution in [3.8, 4) is 0 Å². The van der Waals surface area contributed by atoms with E-state index in [-0.39, 0.29) is 12.6 Å². The van der Waals surface area contributed by atoms with Crippen LogP contribution in [-0.2, 0) is 13.1 Å². The first-order valence-electron chi connectivity index (χ1n) is 5.97. The number of anilines is 1. The molecule has 3 heteroatoms. The van der Waals surface area contributed by atoms with Gasteiger partial charge >= 0.3 is 0 Å². The van der Waals surface area contributed by atoms with Crippen LogP contribution < -0.4 is 5.73 Å². The van der Waals surface area contributed by atoms with Gasteiger partial charge in [-0.3, -0.25) is 4.90 Å². The Bertz CT molecular complexity index is 365. The summed E-state index contributed by atoms with van der Waals surface area (Å²) in [6.45, 7) is 4.20. The number of nitrogens with two attached hydrogens (primary N) is 1. The van der Waals surface area contributed by atoms with E-state index >= 15 is 0 Å². The predicted molar refractivity (Wildman–Crippen MR) is 65.9 cm³/mol. The van der Waals surface area contributed by atoms with Crippen LogP contribution in [0.4, 0.5) is 5.69 Å². The Labute approximate surface area is 96.9 Å². The number of rotatable bonds is 4. The number of hydrogen-bond acceptors (Lipinski definition) is 3. The van der Waals surface area contributed by atoms with E-state index in [1.54, 1.807) is 0 Å². The minimum atomic E-state index is 0.238. The Hall–Kier alpha value is -1.06. The Morgan fingerprint density at radius 1 is 1.44 bits per heavy atom. The van der Waals surface area contributed by atoms with Crippen molar-refractivity contribution in [1.82, 2.24) is 4.90 Å². The number of nitrogen functional groups attached to an aromatic ring is 1. The van der Waals surface area contributed by atoms with Crippen LogP contribution in [0.1, 0.15) is 30.9 Å². The first-order valence-corrected chi connectivity index (χ1v) is 5.97. The van der Waals surface area contributed by atoms with Crippen LogP contribution in [0.2, 0.25) is 0 Å². The highest BCUT2D eigenvalue weighted by Gasteiger charge is 2.25. The van der Waals surface area contributed by atoms with E-state index in [4.69, 9.17) is 5.73 Å². The van der Waals surface area contributed by atoms with Crippen molar-refractivity contribution in [2.75, 3.05) is 12.3 Å². The normalized spacial score (nSPS) is 17.4. The maximum atomic E-state index is 9.39. The summed E-state index contributed by atoms with van der Waals surface area (Å²) in [7, 11) is 0. The summed E-state index contributed by atoms with van der Waals surface area (Å²) in [6.07, 6.45) is 2.15. The summed E-state index contributed by atoms with van der Waals surface area (Å²) in [6, 6.07) is 6.37. The largest absolute Gasteiger partial charge is 0.398 e. The lowest BCUT2D eigenvalue weighted by Gasteiger charge is -2.25. The van der Waals surface area contributed by atoms with E-state index in [0.717, 1.165) is 31.6 Å². The van der Waals surface area contributed by atoms with Crippen LogP contribution in [0, 0.1) is 0 Å². The molecule has 2 rings (SSSR count). The average molecular weight is 220 g/mol. The molecule has 88 valence electrons. The van der Waals surface area contributed by atoms with E-state index < -0.39 is 0 Å². The van der Waals surface area contributed by atoms with Gasteiger partial charge in [0, 0.05) is 24.8 Å². The van der Waals surface area contributed by atoms with Gasteiger partial charge < -0.3 is 10.8 Å². The van der Waals surface area contributed by atoms with Gasteiger partial charge in [0.1, 0.15) is 0 Å². The number of hydrogen-bond donors (Lipinski definition) is 2. The van der Waals surface area contributed by atoms with E-state index in [2.05, 4.69) is 17.9 Å². The molecule has 1 aromatic rings. The maximum Gasteiger partial charge on any atom is 0.0587 e. The molecule has 0 amide bonds. The third kappa shape index (κ3) is 2.06. The summed E-state index contributed by atoms with van der Waals surface area (Å²) < 4.78 is 0. The molecular formula is C13H20N2O. The molecule has 1 aromatic carbocycles. The maximum absolute atomic E-state index is 9.39. The van der Waals surface area contributed by atoms with Crippen molar-refractivity contribution in [3.63, 3.8) is 0 Å². The molecule has 1 aliphatic rings. The van der Waals surface area contributed by atoms with Gasteiger partial charge in [-0.25, -0.2) is 0 Å². The fourth-order valence-corrected chi connectivity index (χ4v) is 2.45. The van der Waals surface area contributed by atoms with E-state index in [1.165, 1.54) is 11.1 Å². The monoisotopic (exact) mass is 220 g/mol. The number of nitrogens with zero attached hydrogens (tertiary/aromatic N) is 1. The van der Waals surface area contributed by atoms with Crippen molar-refractivity contribution in [1.29, 1.82) is 0 Å². The fraction of sp³-hybridized carbons (Fsp3) is 0.538. The topological polar surface area (TPSA) is 49.5 Å². The lowest BCUT2D eigenvalue weighted by Crippen LogP contribution is -2.33. The molecule has 0 saturated heterocycles. The highest BCUT2D eigenvalue weighted by atomic mass is 16.3. The molecule has 0 aliphatic carbocycles. The zero-order valence-electron chi connectivity index (χ0n) is 9.82. The van der Waals surface area contributed by atoms with Gasteiger partial charge in [0.15, 0.2) is 0 Å². The van der Waals surface area contributed by atoms with Crippen LogP contribution in [0.25, 0.3) is 0 Å². The predicted octanol–water partition coefficient (Wildman–Crippen LogP) is 1.75. The first-order chi connectivity index (χ1) is 7.76. The Balaban J connectivity index is 2.12. The fourth-order valence-electron chi connectivity index (χ4n) is 2.45. The second-order valence-electron chi connectivity index (χ2n) is 4.51. The lowest BCUT2D eigenvalue weighted by molar-refractivity contribution is 0.114. The molecule has 1 aliphatic heterocycles. The molecule has 16 heavy (non-hydrogen) atoms. The third-order valence-corrected chi connectivity index (χ3v) is 3.39. The molecule has 3 nitrogen and oxygen atoms in total. The summed E-state index contributed by atoms with van der Waals surface area (Å²) in [5.41, 5.74) is 9.40. The third-order valence-electron chi connectivity index (χ3n) is 3.39. The molecule has 3 N–H and O–H groups in total. The minimum Gasteiger partial charge on any atom is -0.398 e. The molecular weight excluding hydrogens is 200 g/mol. The molecule has 0 spiro atoms. The van der Waals surface area contributed by atoms with E-state index in [9.17, 15) is 5.11 Å². The van der Waals surface area contributed by atoms with E-state index in [0.29, 0.717) is 0 Å². The number of benzene rings is 1. The molecule has 0 aromatic heterocycles. The van der Waals surface area contributed by atoms with Gasteiger partial charge in [-0.05, 0) is 23.6 Å². The molecule has 0 fully saturated rings. The van der Waals surface area contributed by atoms with E-state index in [1.807, 2.05) is 12.1 Å². The zero-order chi connectivity index (χ0) is 11.5. The number of fused-ring (bicyclic) bond motifs is 1.